The minimum Gasteiger partial charge on any atom is -0.342 e. The van der Waals surface area contributed by atoms with Gasteiger partial charge < -0.3 is 9.88 Å². The maximum atomic E-state index is 6.08. The van der Waals surface area contributed by atoms with Gasteiger partial charge in [-0.2, -0.15) is 0 Å². The summed E-state index contributed by atoms with van der Waals surface area (Å²) in [7, 11) is 1.99. The van der Waals surface area contributed by atoms with Crippen molar-refractivity contribution in [3.05, 3.63) is 35.0 Å². The molecule has 1 heterocycles. The Labute approximate surface area is 108 Å². The van der Waals surface area contributed by atoms with Crippen LogP contribution in [0.15, 0.2) is 24.3 Å². The molecule has 0 saturated carbocycles. The number of fused-ring (bicyclic) bond motifs is 1. The Bertz CT molecular complexity index is 514. The first-order chi connectivity index (χ1) is 8.13. The number of halogens is 1. The summed E-state index contributed by atoms with van der Waals surface area (Å²) in [4.78, 5) is 0. The van der Waals surface area contributed by atoms with Gasteiger partial charge in [0.15, 0.2) is 0 Å². The summed E-state index contributed by atoms with van der Waals surface area (Å²) in [6.07, 6.45) is 1.04. The summed E-state index contributed by atoms with van der Waals surface area (Å²) >= 11 is 6.08. The van der Waals surface area contributed by atoms with E-state index in [1.54, 1.807) is 0 Å². The van der Waals surface area contributed by atoms with Crippen molar-refractivity contribution in [1.82, 2.24) is 9.88 Å². The quantitative estimate of drug-likeness (QED) is 0.877. The molecule has 3 heteroatoms. The van der Waals surface area contributed by atoms with E-state index in [0.29, 0.717) is 6.04 Å². The van der Waals surface area contributed by atoms with Gasteiger partial charge in [-0.3, -0.25) is 0 Å². The highest BCUT2D eigenvalue weighted by molar-refractivity contribution is 6.31. The van der Waals surface area contributed by atoms with E-state index in [1.165, 1.54) is 16.6 Å². The van der Waals surface area contributed by atoms with Gasteiger partial charge in [-0.1, -0.05) is 17.7 Å². The Kier molecular flexibility index (Phi) is 3.75. The maximum absolute atomic E-state index is 6.08. The second-order valence-electron chi connectivity index (χ2n) is 4.66. The lowest BCUT2D eigenvalue weighted by molar-refractivity contribution is 0.587. The second-order valence-corrected chi connectivity index (χ2v) is 5.09. The topological polar surface area (TPSA) is 17.0 Å². The van der Waals surface area contributed by atoms with Gasteiger partial charge in [0.1, 0.15) is 0 Å². The van der Waals surface area contributed by atoms with E-state index in [2.05, 4.69) is 41.9 Å². The first-order valence-corrected chi connectivity index (χ1v) is 6.45. The molecular weight excluding hydrogens is 232 g/mol. The largest absolute Gasteiger partial charge is 0.342 e. The van der Waals surface area contributed by atoms with Crippen molar-refractivity contribution in [2.45, 2.75) is 26.3 Å². The highest BCUT2D eigenvalue weighted by Gasteiger charge is 2.11. The number of benzene rings is 1. The van der Waals surface area contributed by atoms with E-state index in [4.69, 9.17) is 11.6 Å². The smallest absolute Gasteiger partial charge is 0.0499 e. The number of aromatic nitrogens is 1. The summed E-state index contributed by atoms with van der Waals surface area (Å²) < 4.78 is 2.37. The molecule has 1 aromatic heterocycles. The van der Waals surface area contributed by atoms with Gasteiger partial charge in [0, 0.05) is 35.2 Å². The zero-order chi connectivity index (χ0) is 12.4. The van der Waals surface area contributed by atoms with Crippen LogP contribution in [-0.2, 0) is 6.42 Å². The molecule has 2 aromatic rings. The van der Waals surface area contributed by atoms with Crippen molar-refractivity contribution in [2.24, 2.45) is 0 Å². The van der Waals surface area contributed by atoms with Crippen LogP contribution in [0, 0.1) is 0 Å². The highest BCUT2D eigenvalue weighted by atomic mass is 35.5. The number of hydrogen-bond acceptors (Lipinski definition) is 1. The van der Waals surface area contributed by atoms with Gasteiger partial charge in [0.25, 0.3) is 0 Å². The number of nitrogens with zero attached hydrogens (tertiary/aromatic N) is 1. The Hall–Kier alpha value is -0.990. The Morgan fingerprint density at radius 1 is 1.29 bits per heavy atom. The lowest BCUT2D eigenvalue weighted by atomic mass is 10.2. The molecule has 0 amide bonds. The molecule has 0 aliphatic carbocycles. The molecule has 0 saturated heterocycles. The lowest BCUT2D eigenvalue weighted by Gasteiger charge is -2.14. The van der Waals surface area contributed by atoms with Crippen LogP contribution in [0.5, 0.6) is 0 Å². The standard InChI is InChI=1S/C14H19ClN2/c1-10(2)17-13(6-7-16-3)8-11-4-5-12(15)9-14(11)17/h4-5,8-10,16H,6-7H2,1-3H3. The normalized spacial score (nSPS) is 11.6. The van der Waals surface area contributed by atoms with Gasteiger partial charge in [-0.05, 0) is 44.5 Å². The summed E-state index contributed by atoms with van der Waals surface area (Å²) in [5.74, 6) is 0. The highest BCUT2D eigenvalue weighted by Crippen LogP contribution is 2.27. The molecule has 0 spiro atoms. The summed E-state index contributed by atoms with van der Waals surface area (Å²) in [5.41, 5.74) is 2.60. The van der Waals surface area contributed by atoms with Gasteiger partial charge in [0.2, 0.25) is 0 Å². The third kappa shape index (κ3) is 2.48. The third-order valence-corrected chi connectivity index (χ3v) is 3.27. The van der Waals surface area contributed by atoms with E-state index in [-0.39, 0.29) is 0 Å². The lowest BCUT2D eigenvalue weighted by Crippen LogP contribution is -2.14. The SMILES string of the molecule is CNCCc1cc2ccc(Cl)cc2n1C(C)C. The maximum Gasteiger partial charge on any atom is 0.0499 e. The number of likely N-dealkylation sites (N-methyl/N-ethyl adjacent to an activating group) is 1. The van der Waals surface area contributed by atoms with E-state index in [9.17, 15) is 0 Å². The zero-order valence-electron chi connectivity index (χ0n) is 10.6. The summed E-state index contributed by atoms with van der Waals surface area (Å²) in [6, 6.07) is 8.83. The predicted octanol–water partition coefficient (Wildman–Crippen LogP) is 3.64. The fourth-order valence-electron chi connectivity index (χ4n) is 2.31. The fourth-order valence-corrected chi connectivity index (χ4v) is 2.47. The average Bonchev–Trinajstić information content (AvgIpc) is 2.63. The molecule has 92 valence electrons. The predicted molar refractivity (Wildman–Crippen MR) is 75.0 cm³/mol. The second kappa shape index (κ2) is 5.11. The van der Waals surface area contributed by atoms with E-state index in [0.717, 1.165) is 18.0 Å². The molecule has 0 bridgehead atoms. The zero-order valence-corrected chi connectivity index (χ0v) is 11.4. The minimum atomic E-state index is 0.456. The van der Waals surface area contributed by atoms with Crippen molar-refractivity contribution in [3.63, 3.8) is 0 Å². The van der Waals surface area contributed by atoms with Crippen molar-refractivity contribution < 1.29 is 0 Å². The van der Waals surface area contributed by atoms with Crippen LogP contribution in [0.2, 0.25) is 5.02 Å². The van der Waals surface area contributed by atoms with Crippen molar-refractivity contribution >= 4 is 22.5 Å². The van der Waals surface area contributed by atoms with Gasteiger partial charge in [-0.15, -0.1) is 0 Å². The number of hydrogen-bond donors (Lipinski definition) is 1. The Balaban J connectivity index is 2.54. The molecule has 17 heavy (non-hydrogen) atoms. The van der Waals surface area contributed by atoms with Crippen LogP contribution in [0.1, 0.15) is 25.6 Å². The molecule has 2 nitrogen and oxygen atoms in total. The Morgan fingerprint density at radius 2 is 2.06 bits per heavy atom. The Morgan fingerprint density at radius 3 is 2.71 bits per heavy atom. The van der Waals surface area contributed by atoms with Crippen molar-refractivity contribution in [3.8, 4) is 0 Å². The first-order valence-electron chi connectivity index (χ1n) is 6.07. The van der Waals surface area contributed by atoms with Crippen LogP contribution < -0.4 is 5.32 Å². The molecule has 0 fully saturated rings. The molecular formula is C14H19ClN2. The summed E-state index contributed by atoms with van der Waals surface area (Å²) in [5, 5.41) is 5.27. The van der Waals surface area contributed by atoms with E-state index in [1.807, 2.05) is 13.1 Å². The van der Waals surface area contributed by atoms with Crippen molar-refractivity contribution in [1.29, 1.82) is 0 Å². The summed E-state index contributed by atoms with van der Waals surface area (Å²) in [6.45, 7) is 5.42. The molecule has 0 aliphatic heterocycles. The van der Waals surface area contributed by atoms with Crippen LogP contribution in [0.4, 0.5) is 0 Å². The third-order valence-electron chi connectivity index (χ3n) is 3.03. The van der Waals surface area contributed by atoms with Crippen LogP contribution in [0.25, 0.3) is 10.9 Å². The molecule has 0 aliphatic rings. The molecule has 1 N–H and O–H groups in total. The molecule has 2 rings (SSSR count). The van der Waals surface area contributed by atoms with E-state index < -0.39 is 0 Å². The molecule has 1 aromatic carbocycles. The number of nitrogens with one attached hydrogen (secondary N) is 1. The van der Waals surface area contributed by atoms with Crippen LogP contribution >= 0.6 is 11.6 Å². The van der Waals surface area contributed by atoms with Crippen molar-refractivity contribution in [2.75, 3.05) is 13.6 Å². The van der Waals surface area contributed by atoms with Gasteiger partial charge in [0.05, 0.1) is 0 Å². The van der Waals surface area contributed by atoms with Crippen LogP contribution in [0.3, 0.4) is 0 Å². The van der Waals surface area contributed by atoms with E-state index >= 15 is 0 Å². The molecule has 0 atom stereocenters. The van der Waals surface area contributed by atoms with Gasteiger partial charge in [-0.25, -0.2) is 0 Å². The minimum absolute atomic E-state index is 0.456. The number of rotatable bonds is 4. The monoisotopic (exact) mass is 250 g/mol. The van der Waals surface area contributed by atoms with Crippen LogP contribution in [-0.4, -0.2) is 18.2 Å². The average molecular weight is 251 g/mol. The molecule has 0 radical (unpaired) electrons. The molecule has 0 unspecified atom stereocenters. The van der Waals surface area contributed by atoms with Gasteiger partial charge >= 0.3 is 0 Å². The first kappa shape index (κ1) is 12.5. The fraction of sp³-hybridized carbons (Fsp3) is 0.429.